The quantitative estimate of drug-likeness (QED) is 0.890. The Bertz CT molecular complexity index is 376. The van der Waals surface area contributed by atoms with E-state index in [1.165, 1.54) is 24.1 Å². The van der Waals surface area contributed by atoms with Crippen LogP contribution < -0.4 is 5.73 Å². The number of hydrogen-bond donors (Lipinski definition) is 1. The van der Waals surface area contributed by atoms with Crippen LogP contribution in [0.2, 0.25) is 0 Å². The molecule has 3 unspecified atom stereocenters. The Kier molecular flexibility index (Phi) is 5.04. The highest BCUT2D eigenvalue weighted by Gasteiger charge is 2.43. The lowest BCUT2D eigenvalue weighted by Gasteiger charge is -2.51. The third kappa shape index (κ3) is 3.04. The molecule has 0 spiro atoms. The number of rotatable bonds is 5. The smallest absolute Gasteiger partial charge is 0.0361 e. The Labute approximate surface area is 122 Å². The van der Waals surface area contributed by atoms with Crippen molar-refractivity contribution in [3.8, 4) is 0 Å². The molecule has 3 atom stereocenters. The van der Waals surface area contributed by atoms with Crippen molar-refractivity contribution in [2.75, 3.05) is 13.1 Å². The molecule has 0 amide bonds. The third-order valence-corrected chi connectivity index (χ3v) is 5.90. The molecular weight excluding hydrogens is 252 g/mol. The molecule has 1 aliphatic carbocycles. The minimum absolute atomic E-state index is 0.214. The Morgan fingerprint density at radius 3 is 2.79 bits per heavy atom. The van der Waals surface area contributed by atoms with Gasteiger partial charge in [-0.3, -0.25) is 4.90 Å². The maximum absolute atomic E-state index is 6.24. The van der Waals surface area contributed by atoms with Crippen molar-refractivity contribution in [2.24, 2.45) is 17.6 Å². The molecule has 1 aliphatic rings. The Balaban J connectivity index is 2.17. The van der Waals surface area contributed by atoms with Crippen LogP contribution in [-0.4, -0.2) is 23.5 Å². The van der Waals surface area contributed by atoms with Gasteiger partial charge >= 0.3 is 0 Å². The molecule has 2 N–H and O–H groups in total. The van der Waals surface area contributed by atoms with Crippen molar-refractivity contribution in [2.45, 2.75) is 52.1 Å². The maximum atomic E-state index is 6.24. The highest BCUT2D eigenvalue weighted by atomic mass is 32.1. The molecule has 2 rings (SSSR count). The second-order valence-electron chi connectivity index (χ2n) is 6.18. The maximum Gasteiger partial charge on any atom is 0.0361 e. The summed E-state index contributed by atoms with van der Waals surface area (Å²) in [7, 11) is 0. The van der Waals surface area contributed by atoms with Crippen LogP contribution in [0.4, 0.5) is 0 Å². The van der Waals surface area contributed by atoms with Crippen LogP contribution in [0, 0.1) is 11.8 Å². The molecule has 19 heavy (non-hydrogen) atoms. The molecule has 1 aromatic rings. The summed E-state index contributed by atoms with van der Waals surface area (Å²) in [4.78, 5) is 4.09. The zero-order valence-electron chi connectivity index (χ0n) is 12.6. The monoisotopic (exact) mass is 280 g/mol. The number of nitrogens with zero attached hydrogens (tertiary/aromatic N) is 1. The lowest BCUT2D eigenvalue weighted by Crippen LogP contribution is -2.59. The number of hydrogen-bond acceptors (Lipinski definition) is 3. The highest BCUT2D eigenvalue weighted by Crippen LogP contribution is 2.41. The van der Waals surface area contributed by atoms with E-state index in [1.54, 1.807) is 0 Å². The first kappa shape index (κ1) is 15.0. The highest BCUT2D eigenvalue weighted by molar-refractivity contribution is 7.09. The average molecular weight is 280 g/mol. The normalized spacial score (nSPS) is 31.8. The van der Waals surface area contributed by atoms with E-state index < -0.39 is 0 Å². The molecule has 0 bridgehead atoms. The zero-order valence-corrected chi connectivity index (χ0v) is 13.4. The van der Waals surface area contributed by atoms with E-state index in [9.17, 15) is 0 Å². The predicted molar refractivity (Wildman–Crippen MR) is 84.4 cm³/mol. The van der Waals surface area contributed by atoms with Crippen LogP contribution in [0.25, 0.3) is 0 Å². The molecule has 0 aromatic carbocycles. The SMILES string of the molecule is CCN(Cc1cccs1)C1(CN)CCC(C)CC1C. The first-order chi connectivity index (χ1) is 9.12. The number of nitrogens with two attached hydrogens (primary N) is 1. The first-order valence-electron chi connectivity index (χ1n) is 7.60. The van der Waals surface area contributed by atoms with Crippen molar-refractivity contribution in [1.82, 2.24) is 4.90 Å². The lowest BCUT2D eigenvalue weighted by molar-refractivity contribution is -0.00211. The summed E-state index contributed by atoms with van der Waals surface area (Å²) in [5.41, 5.74) is 6.45. The van der Waals surface area contributed by atoms with Crippen molar-refractivity contribution in [1.29, 1.82) is 0 Å². The van der Waals surface area contributed by atoms with Gasteiger partial charge in [-0.05, 0) is 49.1 Å². The van der Waals surface area contributed by atoms with E-state index >= 15 is 0 Å². The Morgan fingerprint density at radius 1 is 1.47 bits per heavy atom. The lowest BCUT2D eigenvalue weighted by atomic mass is 9.69. The summed E-state index contributed by atoms with van der Waals surface area (Å²) in [6, 6.07) is 4.39. The molecule has 0 aliphatic heterocycles. The topological polar surface area (TPSA) is 29.3 Å². The van der Waals surface area contributed by atoms with Gasteiger partial charge in [-0.25, -0.2) is 0 Å². The van der Waals surface area contributed by atoms with Crippen LogP contribution in [0.1, 0.15) is 44.9 Å². The van der Waals surface area contributed by atoms with Gasteiger partial charge in [-0.2, -0.15) is 0 Å². The van der Waals surface area contributed by atoms with E-state index in [-0.39, 0.29) is 5.54 Å². The summed E-state index contributed by atoms with van der Waals surface area (Å²) in [6.07, 6.45) is 3.89. The van der Waals surface area contributed by atoms with Crippen molar-refractivity contribution >= 4 is 11.3 Å². The molecule has 1 aromatic heterocycles. The summed E-state index contributed by atoms with van der Waals surface area (Å²) in [6.45, 7) is 10.00. The summed E-state index contributed by atoms with van der Waals surface area (Å²) in [5, 5.41) is 2.17. The Hall–Kier alpha value is -0.380. The fourth-order valence-corrected chi connectivity index (χ4v) is 4.48. The van der Waals surface area contributed by atoms with Gasteiger partial charge in [0.2, 0.25) is 0 Å². The van der Waals surface area contributed by atoms with Gasteiger partial charge in [0.1, 0.15) is 0 Å². The third-order valence-electron chi connectivity index (χ3n) is 5.04. The summed E-state index contributed by atoms with van der Waals surface area (Å²) in [5.74, 6) is 1.55. The van der Waals surface area contributed by atoms with E-state index in [0.717, 1.165) is 25.6 Å². The van der Waals surface area contributed by atoms with Crippen LogP contribution in [0.5, 0.6) is 0 Å². The number of thiophene rings is 1. The van der Waals surface area contributed by atoms with Gasteiger partial charge in [-0.1, -0.05) is 26.8 Å². The number of likely N-dealkylation sites (N-methyl/N-ethyl adjacent to an activating group) is 1. The second-order valence-corrected chi connectivity index (χ2v) is 7.21. The minimum atomic E-state index is 0.214. The molecular formula is C16H28N2S. The summed E-state index contributed by atoms with van der Waals surface area (Å²) < 4.78 is 0. The molecule has 0 saturated heterocycles. The largest absolute Gasteiger partial charge is 0.329 e. The standard InChI is InChI=1S/C16H28N2S/c1-4-18(11-15-6-5-9-19-15)16(12-17)8-7-13(2)10-14(16)3/h5-6,9,13-14H,4,7-8,10-12,17H2,1-3H3. The minimum Gasteiger partial charge on any atom is -0.329 e. The molecule has 1 saturated carbocycles. The van der Waals surface area contributed by atoms with E-state index in [4.69, 9.17) is 5.73 Å². The van der Waals surface area contributed by atoms with Gasteiger partial charge in [0, 0.05) is 23.5 Å². The molecule has 108 valence electrons. The Morgan fingerprint density at radius 2 is 2.26 bits per heavy atom. The van der Waals surface area contributed by atoms with Gasteiger partial charge in [-0.15, -0.1) is 11.3 Å². The summed E-state index contributed by atoms with van der Waals surface area (Å²) >= 11 is 1.86. The van der Waals surface area contributed by atoms with Crippen molar-refractivity contribution in [3.05, 3.63) is 22.4 Å². The molecule has 0 radical (unpaired) electrons. The van der Waals surface area contributed by atoms with Crippen molar-refractivity contribution in [3.63, 3.8) is 0 Å². The second kappa shape index (κ2) is 6.38. The van der Waals surface area contributed by atoms with Crippen LogP contribution >= 0.6 is 11.3 Å². The van der Waals surface area contributed by atoms with Crippen LogP contribution in [0.3, 0.4) is 0 Å². The zero-order chi connectivity index (χ0) is 13.9. The molecule has 1 fully saturated rings. The average Bonchev–Trinajstić information content (AvgIpc) is 2.90. The van der Waals surface area contributed by atoms with Gasteiger partial charge in [0.25, 0.3) is 0 Å². The molecule has 2 nitrogen and oxygen atoms in total. The molecule has 1 heterocycles. The van der Waals surface area contributed by atoms with E-state index in [1.807, 2.05) is 11.3 Å². The molecule has 3 heteroatoms. The van der Waals surface area contributed by atoms with Gasteiger partial charge in [0.05, 0.1) is 0 Å². The predicted octanol–water partition coefficient (Wildman–Crippen LogP) is 3.72. The van der Waals surface area contributed by atoms with Crippen molar-refractivity contribution < 1.29 is 0 Å². The van der Waals surface area contributed by atoms with Crippen LogP contribution in [0.15, 0.2) is 17.5 Å². The fourth-order valence-electron chi connectivity index (χ4n) is 3.76. The van der Waals surface area contributed by atoms with E-state index in [0.29, 0.717) is 5.92 Å². The van der Waals surface area contributed by atoms with Gasteiger partial charge < -0.3 is 5.73 Å². The van der Waals surface area contributed by atoms with Crippen LogP contribution in [-0.2, 0) is 6.54 Å². The fraction of sp³-hybridized carbons (Fsp3) is 0.750. The first-order valence-corrected chi connectivity index (χ1v) is 8.48. The van der Waals surface area contributed by atoms with Gasteiger partial charge in [0.15, 0.2) is 0 Å². The van der Waals surface area contributed by atoms with E-state index in [2.05, 4.69) is 43.2 Å².